The highest BCUT2D eigenvalue weighted by Gasteiger charge is 2.21. The maximum atomic E-state index is 12.1. The molecule has 1 aromatic carbocycles. The van der Waals surface area contributed by atoms with Gasteiger partial charge in [-0.2, -0.15) is 0 Å². The van der Waals surface area contributed by atoms with E-state index in [0.717, 1.165) is 5.56 Å². The fourth-order valence-corrected chi connectivity index (χ4v) is 2.29. The summed E-state index contributed by atoms with van der Waals surface area (Å²) in [5, 5.41) is 2.68. The summed E-state index contributed by atoms with van der Waals surface area (Å²) in [6, 6.07) is 9.65. The molecule has 2 amide bonds. The van der Waals surface area contributed by atoms with Crippen LogP contribution in [0.5, 0.6) is 0 Å². The molecule has 1 aromatic heterocycles. The molecule has 6 heteroatoms. The van der Waals surface area contributed by atoms with Gasteiger partial charge < -0.3 is 15.6 Å². The molecule has 0 aliphatic carbocycles. The van der Waals surface area contributed by atoms with Crippen LogP contribution in [0.15, 0.2) is 36.7 Å². The molecular weight excluding hydrogens is 292 g/mol. The first-order valence-electron chi connectivity index (χ1n) is 7.45. The van der Waals surface area contributed by atoms with Crippen molar-refractivity contribution in [2.24, 2.45) is 11.1 Å². The van der Waals surface area contributed by atoms with Gasteiger partial charge in [0.1, 0.15) is 0 Å². The summed E-state index contributed by atoms with van der Waals surface area (Å²) in [5.41, 5.74) is 6.53. The molecule has 0 radical (unpaired) electrons. The number of anilines is 1. The van der Waals surface area contributed by atoms with E-state index in [4.69, 9.17) is 5.73 Å². The zero-order valence-electron chi connectivity index (χ0n) is 13.7. The Morgan fingerprint density at radius 3 is 2.43 bits per heavy atom. The summed E-state index contributed by atoms with van der Waals surface area (Å²) in [4.78, 5) is 28.0. The Morgan fingerprint density at radius 1 is 1.22 bits per heavy atom. The number of nitrogens with zero attached hydrogens (tertiary/aromatic N) is 2. The molecule has 3 N–H and O–H groups in total. The van der Waals surface area contributed by atoms with Crippen molar-refractivity contribution < 1.29 is 9.59 Å². The number of nitrogens with one attached hydrogen (secondary N) is 1. The van der Waals surface area contributed by atoms with Crippen molar-refractivity contribution in [3.8, 4) is 0 Å². The SMILES string of the molecule is CC(C)(C)CC(=O)Nc1ncn(Cc2ccccc2)c1C(N)=O. The zero-order valence-corrected chi connectivity index (χ0v) is 13.7. The Hall–Kier alpha value is -2.63. The fourth-order valence-electron chi connectivity index (χ4n) is 2.29. The standard InChI is InChI=1S/C17H22N4O2/c1-17(2,3)9-13(22)20-16-14(15(18)23)21(11-19-16)10-12-7-5-4-6-8-12/h4-8,11H,9-10H2,1-3H3,(H2,18,23)(H,20,22). The summed E-state index contributed by atoms with van der Waals surface area (Å²) in [6.07, 6.45) is 1.84. The first kappa shape index (κ1) is 16.7. The zero-order chi connectivity index (χ0) is 17.0. The minimum absolute atomic E-state index is 0.149. The van der Waals surface area contributed by atoms with Crippen LogP contribution in [0.1, 0.15) is 43.2 Å². The molecule has 2 aromatic rings. The molecule has 0 atom stereocenters. The number of aromatic nitrogens is 2. The molecule has 0 aliphatic heterocycles. The summed E-state index contributed by atoms with van der Waals surface area (Å²) >= 11 is 0. The van der Waals surface area contributed by atoms with Crippen LogP contribution in [0.2, 0.25) is 0 Å². The van der Waals surface area contributed by atoms with Crippen molar-refractivity contribution in [2.45, 2.75) is 33.7 Å². The van der Waals surface area contributed by atoms with Gasteiger partial charge in [-0.25, -0.2) is 4.98 Å². The predicted molar refractivity (Wildman–Crippen MR) is 89.0 cm³/mol. The van der Waals surface area contributed by atoms with Gasteiger partial charge in [-0.05, 0) is 11.0 Å². The summed E-state index contributed by atoms with van der Waals surface area (Å²) in [7, 11) is 0. The van der Waals surface area contributed by atoms with Crippen LogP contribution in [0.3, 0.4) is 0 Å². The quantitative estimate of drug-likeness (QED) is 0.888. The van der Waals surface area contributed by atoms with Crippen LogP contribution in [-0.4, -0.2) is 21.4 Å². The van der Waals surface area contributed by atoms with E-state index < -0.39 is 5.91 Å². The third-order valence-electron chi connectivity index (χ3n) is 3.22. The minimum Gasteiger partial charge on any atom is -0.364 e. The Labute approximate surface area is 135 Å². The lowest BCUT2D eigenvalue weighted by molar-refractivity contribution is -0.117. The molecular formula is C17H22N4O2. The van der Waals surface area contributed by atoms with Crippen LogP contribution in [0.4, 0.5) is 5.82 Å². The van der Waals surface area contributed by atoms with Crippen molar-refractivity contribution in [2.75, 3.05) is 5.32 Å². The highest BCUT2D eigenvalue weighted by molar-refractivity contribution is 6.00. The number of benzene rings is 1. The minimum atomic E-state index is -0.621. The normalized spacial score (nSPS) is 11.3. The number of rotatable bonds is 5. The highest BCUT2D eigenvalue weighted by Crippen LogP contribution is 2.21. The second-order valence-corrected chi connectivity index (χ2v) is 6.71. The Kier molecular flexibility index (Phi) is 4.83. The van der Waals surface area contributed by atoms with Crippen molar-refractivity contribution in [3.63, 3.8) is 0 Å². The summed E-state index contributed by atoms with van der Waals surface area (Å²) in [6.45, 7) is 6.36. The number of amides is 2. The second-order valence-electron chi connectivity index (χ2n) is 6.71. The highest BCUT2D eigenvalue weighted by atomic mass is 16.2. The van der Waals surface area contributed by atoms with E-state index in [0.29, 0.717) is 13.0 Å². The van der Waals surface area contributed by atoms with Crippen molar-refractivity contribution in [1.29, 1.82) is 0 Å². The molecule has 0 unspecified atom stereocenters. The van der Waals surface area contributed by atoms with Gasteiger partial charge in [0.05, 0.1) is 6.33 Å². The smallest absolute Gasteiger partial charge is 0.269 e. The monoisotopic (exact) mass is 314 g/mol. The molecule has 0 aliphatic rings. The van der Waals surface area contributed by atoms with E-state index in [9.17, 15) is 9.59 Å². The topological polar surface area (TPSA) is 90.0 Å². The largest absolute Gasteiger partial charge is 0.364 e. The molecule has 1 heterocycles. The third-order valence-corrected chi connectivity index (χ3v) is 3.22. The molecule has 0 spiro atoms. The maximum Gasteiger partial charge on any atom is 0.269 e. The average molecular weight is 314 g/mol. The molecule has 0 fully saturated rings. The molecule has 23 heavy (non-hydrogen) atoms. The molecule has 0 saturated heterocycles. The molecule has 0 bridgehead atoms. The van der Waals surface area contributed by atoms with Crippen LogP contribution in [-0.2, 0) is 11.3 Å². The Balaban J connectivity index is 2.21. The van der Waals surface area contributed by atoms with Gasteiger partial charge in [-0.1, -0.05) is 51.1 Å². The van der Waals surface area contributed by atoms with Crippen LogP contribution >= 0.6 is 0 Å². The molecule has 6 nitrogen and oxygen atoms in total. The summed E-state index contributed by atoms with van der Waals surface area (Å²) < 4.78 is 1.64. The number of hydrogen-bond donors (Lipinski definition) is 2. The van der Waals surface area contributed by atoms with E-state index in [1.165, 1.54) is 6.33 Å². The first-order valence-corrected chi connectivity index (χ1v) is 7.45. The van der Waals surface area contributed by atoms with Gasteiger partial charge in [-0.3, -0.25) is 9.59 Å². The average Bonchev–Trinajstić information content (AvgIpc) is 2.80. The molecule has 2 rings (SSSR count). The summed E-state index contributed by atoms with van der Waals surface area (Å²) in [5.74, 6) is -0.600. The number of carbonyl (C=O) groups is 2. The predicted octanol–water partition coefficient (Wildman–Crippen LogP) is 2.40. The second kappa shape index (κ2) is 6.64. The van der Waals surface area contributed by atoms with Crippen molar-refractivity contribution in [1.82, 2.24) is 9.55 Å². The van der Waals surface area contributed by atoms with Crippen LogP contribution in [0, 0.1) is 5.41 Å². The lowest BCUT2D eigenvalue weighted by Gasteiger charge is -2.17. The molecule has 0 saturated carbocycles. The van der Waals surface area contributed by atoms with Crippen molar-refractivity contribution in [3.05, 3.63) is 47.9 Å². The van der Waals surface area contributed by atoms with E-state index in [-0.39, 0.29) is 22.8 Å². The number of nitrogens with two attached hydrogens (primary N) is 1. The van der Waals surface area contributed by atoms with Crippen LogP contribution in [0.25, 0.3) is 0 Å². The van der Waals surface area contributed by atoms with Gasteiger partial charge in [0, 0.05) is 13.0 Å². The van der Waals surface area contributed by atoms with Gasteiger partial charge in [-0.15, -0.1) is 0 Å². The van der Waals surface area contributed by atoms with Crippen LogP contribution < -0.4 is 11.1 Å². The third kappa shape index (κ3) is 4.67. The number of hydrogen-bond acceptors (Lipinski definition) is 3. The van der Waals surface area contributed by atoms with Gasteiger partial charge >= 0.3 is 0 Å². The number of carbonyl (C=O) groups excluding carboxylic acids is 2. The Morgan fingerprint density at radius 2 is 1.87 bits per heavy atom. The number of imidazole rings is 1. The first-order chi connectivity index (χ1) is 10.8. The van der Waals surface area contributed by atoms with E-state index >= 15 is 0 Å². The van der Waals surface area contributed by atoms with E-state index in [2.05, 4.69) is 10.3 Å². The molecule has 122 valence electrons. The van der Waals surface area contributed by atoms with E-state index in [1.54, 1.807) is 4.57 Å². The maximum absolute atomic E-state index is 12.1. The lowest BCUT2D eigenvalue weighted by Crippen LogP contribution is -2.23. The lowest BCUT2D eigenvalue weighted by atomic mass is 9.92. The van der Waals surface area contributed by atoms with E-state index in [1.807, 2.05) is 51.1 Å². The number of primary amides is 1. The van der Waals surface area contributed by atoms with Gasteiger partial charge in [0.25, 0.3) is 5.91 Å². The fraction of sp³-hybridized carbons (Fsp3) is 0.353. The van der Waals surface area contributed by atoms with Gasteiger partial charge in [0.2, 0.25) is 5.91 Å². The van der Waals surface area contributed by atoms with Crippen molar-refractivity contribution >= 4 is 17.6 Å². The van der Waals surface area contributed by atoms with Gasteiger partial charge in [0.15, 0.2) is 11.5 Å². The Bertz CT molecular complexity index is 699.